The van der Waals surface area contributed by atoms with Crippen LogP contribution in [0.25, 0.3) is 0 Å². The van der Waals surface area contributed by atoms with Crippen molar-refractivity contribution in [3.63, 3.8) is 0 Å². The number of aromatic carboxylic acids is 1. The molecule has 2 aliphatic rings. The van der Waals surface area contributed by atoms with Gasteiger partial charge in [-0.2, -0.15) is 0 Å². The van der Waals surface area contributed by atoms with Crippen molar-refractivity contribution in [1.29, 1.82) is 0 Å². The van der Waals surface area contributed by atoms with Gasteiger partial charge in [0.1, 0.15) is 5.82 Å². The van der Waals surface area contributed by atoms with Crippen molar-refractivity contribution in [2.45, 2.75) is 38.0 Å². The van der Waals surface area contributed by atoms with Gasteiger partial charge in [-0.05, 0) is 44.1 Å². The first-order valence-electron chi connectivity index (χ1n) is 5.83. The number of rotatable bonds is 4. The third kappa shape index (κ3) is 2.05. The smallest absolute Gasteiger partial charge is 0.354 e. The summed E-state index contributed by atoms with van der Waals surface area (Å²) in [6.07, 6.45) is 5.64. The van der Waals surface area contributed by atoms with E-state index in [9.17, 15) is 4.79 Å². The van der Waals surface area contributed by atoms with Gasteiger partial charge in [-0.25, -0.2) is 14.8 Å². The molecular formula is C12H14N2O2. The summed E-state index contributed by atoms with van der Waals surface area (Å²) < 4.78 is 0. The fraction of sp³-hybridized carbons (Fsp3) is 0.583. The lowest BCUT2D eigenvalue weighted by Crippen LogP contribution is -2.08. The van der Waals surface area contributed by atoms with E-state index in [-0.39, 0.29) is 5.69 Å². The van der Waals surface area contributed by atoms with Crippen LogP contribution in [-0.2, 0) is 6.42 Å². The molecule has 0 aliphatic heterocycles. The number of carboxylic acid groups (broad SMARTS) is 1. The molecule has 1 N–H and O–H groups in total. The molecule has 1 aromatic heterocycles. The Morgan fingerprint density at radius 3 is 2.62 bits per heavy atom. The van der Waals surface area contributed by atoms with E-state index in [1.807, 2.05) is 0 Å². The predicted molar refractivity (Wildman–Crippen MR) is 57.4 cm³/mol. The third-order valence-electron chi connectivity index (χ3n) is 3.15. The first kappa shape index (κ1) is 9.75. The number of carboxylic acids is 1. The molecule has 84 valence electrons. The Labute approximate surface area is 93.7 Å². The molecule has 3 rings (SSSR count). The molecule has 0 bridgehead atoms. The lowest BCUT2D eigenvalue weighted by atomic mass is 10.2. The van der Waals surface area contributed by atoms with Crippen molar-refractivity contribution < 1.29 is 9.90 Å². The van der Waals surface area contributed by atoms with E-state index in [0.29, 0.717) is 5.92 Å². The monoisotopic (exact) mass is 218 g/mol. The Morgan fingerprint density at radius 1 is 1.31 bits per heavy atom. The van der Waals surface area contributed by atoms with Gasteiger partial charge in [0.25, 0.3) is 0 Å². The third-order valence-corrected chi connectivity index (χ3v) is 3.15. The summed E-state index contributed by atoms with van der Waals surface area (Å²) in [5.41, 5.74) is 1.07. The molecule has 0 aromatic carbocycles. The van der Waals surface area contributed by atoms with E-state index in [4.69, 9.17) is 5.11 Å². The SMILES string of the molecule is O=C(O)c1cc(CC2CC2)nc(C2CC2)n1. The molecule has 0 unspecified atom stereocenters. The minimum Gasteiger partial charge on any atom is -0.477 e. The number of hydrogen-bond donors (Lipinski definition) is 1. The molecule has 0 spiro atoms. The van der Waals surface area contributed by atoms with Crippen molar-refractivity contribution >= 4 is 5.97 Å². The van der Waals surface area contributed by atoms with Crippen LogP contribution in [0.15, 0.2) is 6.07 Å². The second-order valence-corrected chi connectivity index (χ2v) is 4.83. The van der Waals surface area contributed by atoms with Crippen molar-refractivity contribution in [3.05, 3.63) is 23.3 Å². The van der Waals surface area contributed by atoms with Crippen LogP contribution in [0.1, 0.15) is 53.6 Å². The highest BCUT2D eigenvalue weighted by molar-refractivity contribution is 5.85. The van der Waals surface area contributed by atoms with E-state index >= 15 is 0 Å². The molecule has 4 nitrogen and oxygen atoms in total. The summed E-state index contributed by atoms with van der Waals surface area (Å²) in [7, 11) is 0. The van der Waals surface area contributed by atoms with Crippen LogP contribution in [0.2, 0.25) is 0 Å². The minimum atomic E-state index is -0.943. The van der Waals surface area contributed by atoms with Gasteiger partial charge >= 0.3 is 5.97 Å². The highest BCUT2D eigenvalue weighted by Gasteiger charge is 2.29. The molecule has 0 atom stereocenters. The zero-order valence-corrected chi connectivity index (χ0v) is 9.02. The Kier molecular flexibility index (Phi) is 2.16. The molecule has 0 amide bonds. The van der Waals surface area contributed by atoms with Crippen LogP contribution in [0.5, 0.6) is 0 Å². The molecule has 16 heavy (non-hydrogen) atoms. The maximum Gasteiger partial charge on any atom is 0.354 e. The van der Waals surface area contributed by atoms with E-state index in [0.717, 1.165) is 36.7 Å². The highest BCUT2D eigenvalue weighted by atomic mass is 16.4. The second kappa shape index (κ2) is 3.54. The number of carbonyl (C=O) groups is 1. The molecule has 2 fully saturated rings. The van der Waals surface area contributed by atoms with E-state index in [2.05, 4.69) is 9.97 Å². The fourth-order valence-electron chi connectivity index (χ4n) is 1.87. The molecule has 4 heteroatoms. The van der Waals surface area contributed by atoms with Crippen LogP contribution in [0.3, 0.4) is 0 Å². The topological polar surface area (TPSA) is 63.1 Å². The summed E-state index contributed by atoms with van der Waals surface area (Å²) in [4.78, 5) is 19.6. The summed E-state index contributed by atoms with van der Waals surface area (Å²) in [6.45, 7) is 0. The van der Waals surface area contributed by atoms with Crippen LogP contribution >= 0.6 is 0 Å². The first-order valence-corrected chi connectivity index (χ1v) is 5.83. The van der Waals surface area contributed by atoms with Crippen molar-refractivity contribution in [3.8, 4) is 0 Å². The van der Waals surface area contributed by atoms with Crippen LogP contribution in [-0.4, -0.2) is 21.0 Å². The largest absolute Gasteiger partial charge is 0.477 e. The molecule has 0 saturated heterocycles. The molecule has 2 saturated carbocycles. The Bertz CT molecular complexity index is 437. The quantitative estimate of drug-likeness (QED) is 0.839. The Balaban J connectivity index is 1.91. The van der Waals surface area contributed by atoms with Crippen molar-refractivity contribution in [1.82, 2.24) is 9.97 Å². The van der Waals surface area contributed by atoms with Crippen LogP contribution < -0.4 is 0 Å². The maximum absolute atomic E-state index is 11.0. The lowest BCUT2D eigenvalue weighted by molar-refractivity contribution is 0.0689. The Morgan fingerprint density at radius 2 is 2.06 bits per heavy atom. The Hall–Kier alpha value is -1.45. The van der Waals surface area contributed by atoms with Gasteiger partial charge in [0.2, 0.25) is 0 Å². The molecule has 0 radical (unpaired) electrons. The van der Waals surface area contributed by atoms with Gasteiger partial charge in [-0.1, -0.05) is 0 Å². The maximum atomic E-state index is 11.0. The van der Waals surface area contributed by atoms with E-state index in [1.54, 1.807) is 6.07 Å². The van der Waals surface area contributed by atoms with Gasteiger partial charge in [0.15, 0.2) is 5.69 Å². The fourth-order valence-corrected chi connectivity index (χ4v) is 1.87. The van der Waals surface area contributed by atoms with E-state index in [1.165, 1.54) is 12.8 Å². The summed E-state index contributed by atoms with van der Waals surface area (Å²) in [6, 6.07) is 1.63. The summed E-state index contributed by atoms with van der Waals surface area (Å²) in [5.74, 6) is 0.942. The van der Waals surface area contributed by atoms with Gasteiger partial charge in [0.05, 0.1) is 0 Å². The average molecular weight is 218 g/mol. The number of hydrogen-bond acceptors (Lipinski definition) is 3. The normalized spacial score (nSPS) is 19.8. The standard InChI is InChI=1S/C12H14N2O2/c15-12(16)10-6-9(5-7-1-2-7)13-11(14-10)8-3-4-8/h6-8H,1-5H2,(H,15,16). The van der Waals surface area contributed by atoms with Gasteiger partial charge in [0, 0.05) is 11.6 Å². The van der Waals surface area contributed by atoms with Crippen molar-refractivity contribution in [2.24, 2.45) is 5.92 Å². The molecule has 1 aromatic rings. The summed E-state index contributed by atoms with van der Waals surface area (Å²) in [5, 5.41) is 9.00. The van der Waals surface area contributed by atoms with Gasteiger partial charge in [-0.3, -0.25) is 0 Å². The molecule has 1 heterocycles. The number of nitrogens with zero attached hydrogens (tertiary/aromatic N) is 2. The minimum absolute atomic E-state index is 0.160. The average Bonchev–Trinajstić information content (AvgIpc) is 3.11. The van der Waals surface area contributed by atoms with Gasteiger partial charge in [-0.15, -0.1) is 0 Å². The van der Waals surface area contributed by atoms with Crippen LogP contribution in [0, 0.1) is 5.92 Å². The lowest BCUT2D eigenvalue weighted by Gasteiger charge is -2.04. The van der Waals surface area contributed by atoms with E-state index < -0.39 is 5.97 Å². The highest BCUT2D eigenvalue weighted by Crippen LogP contribution is 2.38. The molecular weight excluding hydrogens is 204 g/mol. The van der Waals surface area contributed by atoms with Crippen molar-refractivity contribution in [2.75, 3.05) is 0 Å². The van der Waals surface area contributed by atoms with Gasteiger partial charge < -0.3 is 5.11 Å². The predicted octanol–water partition coefficient (Wildman–Crippen LogP) is 2.00. The number of aromatic nitrogens is 2. The zero-order valence-electron chi connectivity index (χ0n) is 9.02. The zero-order chi connectivity index (χ0) is 11.1. The molecule has 2 aliphatic carbocycles. The van der Waals surface area contributed by atoms with Crippen LogP contribution in [0.4, 0.5) is 0 Å². The summed E-state index contributed by atoms with van der Waals surface area (Å²) >= 11 is 0. The second-order valence-electron chi connectivity index (χ2n) is 4.83. The first-order chi connectivity index (χ1) is 7.72.